The zero-order chi connectivity index (χ0) is 25.9. The summed E-state index contributed by atoms with van der Waals surface area (Å²) < 4.78 is 5.36. The molecule has 0 bridgehead atoms. The van der Waals surface area contributed by atoms with E-state index in [0.29, 0.717) is 42.6 Å². The van der Waals surface area contributed by atoms with E-state index >= 15 is 0 Å². The SMILES string of the molecule is COc1cccc2[nH]c(C(=O)CC(C(=O)NC(C#N)CC3CCNC3=O)C3Cc4ccccc4C3)nc12. The second-order valence-electron chi connectivity index (χ2n) is 9.82. The van der Waals surface area contributed by atoms with Crippen LogP contribution in [0.2, 0.25) is 0 Å². The molecule has 2 aliphatic rings. The van der Waals surface area contributed by atoms with Crippen LogP contribution in [-0.4, -0.2) is 47.3 Å². The quantitative estimate of drug-likeness (QED) is 0.387. The van der Waals surface area contributed by atoms with Crippen molar-refractivity contribution in [2.45, 2.75) is 38.1 Å². The third-order valence-corrected chi connectivity index (χ3v) is 7.51. The van der Waals surface area contributed by atoms with Crippen LogP contribution in [0.4, 0.5) is 0 Å². The number of hydrogen-bond acceptors (Lipinski definition) is 6. The Bertz CT molecular complexity index is 1370. The standard InChI is InChI=1S/C28H29N5O4/c1-37-24-8-4-7-22-25(24)33-26(32-22)23(34)14-21(19-11-16-5-2-3-6-17(16)12-19)28(36)31-20(15-29)13-18-9-10-30-27(18)35/h2-8,18-21H,9-14H2,1H3,(H,30,35)(H,31,36)(H,32,33). The first-order valence-electron chi connectivity index (χ1n) is 12.6. The molecule has 0 radical (unpaired) electrons. The van der Waals surface area contributed by atoms with E-state index in [-0.39, 0.29) is 48.1 Å². The lowest BCUT2D eigenvalue weighted by Crippen LogP contribution is -2.43. The van der Waals surface area contributed by atoms with Gasteiger partial charge in [0, 0.05) is 24.8 Å². The summed E-state index contributed by atoms with van der Waals surface area (Å²) in [6, 6.07) is 14.8. The first-order chi connectivity index (χ1) is 18.0. The van der Waals surface area contributed by atoms with Crippen molar-refractivity contribution in [3.63, 3.8) is 0 Å². The van der Waals surface area contributed by atoms with E-state index in [2.05, 4.69) is 38.8 Å². The van der Waals surface area contributed by atoms with Gasteiger partial charge in [-0.1, -0.05) is 30.3 Å². The molecule has 5 rings (SSSR count). The Morgan fingerprint density at radius 1 is 1.19 bits per heavy atom. The predicted molar refractivity (Wildman–Crippen MR) is 136 cm³/mol. The molecule has 1 aromatic heterocycles. The van der Waals surface area contributed by atoms with Gasteiger partial charge in [0.1, 0.15) is 17.3 Å². The minimum atomic E-state index is -0.807. The van der Waals surface area contributed by atoms with E-state index < -0.39 is 12.0 Å². The number of imidazole rings is 1. The third kappa shape index (κ3) is 5.05. The van der Waals surface area contributed by atoms with Crippen LogP contribution in [0.3, 0.4) is 0 Å². The number of para-hydroxylation sites is 1. The maximum atomic E-state index is 13.6. The molecule has 1 aliphatic heterocycles. The molecule has 0 saturated carbocycles. The van der Waals surface area contributed by atoms with Gasteiger partial charge in [-0.25, -0.2) is 4.98 Å². The summed E-state index contributed by atoms with van der Waals surface area (Å²) in [7, 11) is 1.55. The smallest absolute Gasteiger partial charge is 0.224 e. The van der Waals surface area contributed by atoms with Crippen LogP contribution in [0.5, 0.6) is 5.75 Å². The van der Waals surface area contributed by atoms with Crippen LogP contribution in [-0.2, 0) is 22.4 Å². The average molecular weight is 500 g/mol. The highest BCUT2D eigenvalue weighted by Gasteiger charge is 2.37. The van der Waals surface area contributed by atoms with Crippen molar-refractivity contribution in [1.29, 1.82) is 5.26 Å². The maximum absolute atomic E-state index is 13.6. The number of hydrogen-bond donors (Lipinski definition) is 3. The number of aromatic nitrogens is 2. The normalized spacial score (nSPS) is 18.6. The van der Waals surface area contributed by atoms with E-state index in [9.17, 15) is 19.6 Å². The summed E-state index contributed by atoms with van der Waals surface area (Å²) in [6.45, 7) is 0.579. The second kappa shape index (κ2) is 10.4. The number of carbonyl (C=O) groups is 3. The highest BCUT2D eigenvalue weighted by Crippen LogP contribution is 2.34. The minimum absolute atomic E-state index is 0.0469. The van der Waals surface area contributed by atoms with E-state index in [1.165, 1.54) is 11.1 Å². The lowest BCUT2D eigenvalue weighted by atomic mass is 9.84. The second-order valence-corrected chi connectivity index (χ2v) is 9.82. The Kier molecular flexibility index (Phi) is 6.91. The van der Waals surface area contributed by atoms with Crippen LogP contribution < -0.4 is 15.4 Å². The van der Waals surface area contributed by atoms with Crippen LogP contribution in [0.25, 0.3) is 11.0 Å². The fourth-order valence-corrected chi connectivity index (χ4v) is 5.53. The van der Waals surface area contributed by atoms with E-state index in [1.807, 2.05) is 24.3 Å². The van der Waals surface area contributed by atoms with Crippen molar-refractivity contribution in [3.05, 3.63) is 59.4 Å². The van der Waals surface area contributed by atoms with Gasteiger partial charge in [-0.15, -0.1) is 0 Å². The van der Waals surface area contributed by atoms with Gasteiger partial charge in [0.15, 0.2) is 11.6 Å². The molecule has 0 spiro atoms. The molecule has 190 valence electrons. The number of H-pyrrole nitrogens is 1. The molecule has 3 atom stereocenters. The molecular weight excluding hydrogens is 470 g/mol. The summed E-state index contributed by atoms with van der Waals surface area (Å²) in [4.78, 5) is 46.5. The van der Waals surface area contributed by atoms with Crippen LogP contribution in [0, 0.1) is 29.1 Å². The number of Topliss-reactive ketones (excluding diaryl/α,β-unsaturated/α-hetero) is 1. The first-order valence-corrected chi connectivity index (χ1v) is 12.6. The van der Waals surface area contributed by atoms with Crippen molar-refractivity contribution in [2.75, 3.05) is 13.7 Å². The molecule has 9 heteroatoms. The van der Waals surface area contributed by atoms with Crippen LogP contribution in [0.15, 0.2) is 42.5 Å². The average Bonchev–Trinajstić information content (AvgIpc) is 3.64. The molecule has 3 unspecified atom stereocenters. The number of nitriles is 1. The molecule has 3 aromatic rings. The minimum Gasteiger partial charge on any atom is -0.494 e. The van der Waals surface area contributed by atoms with Gasteiger partial charge in [-0.3, -0.25) is 14.4 Å². The summed E-state index contributed by atoms with van der Waals surface area (Å²) in [5.41, 5.74) is 3.58. The molecule has 2 amide bonds. The summed E-state index contributed by atoms with van der Waals surface area (Å²) in [5, 5.41) is 15.3. The number of methoxy groups -OCH3 is 1. The molecule has 1 fully saturated rings. The van der Waals surface area contributed by atoms with Crippen molar-refractivity contribution >= 4 is 28.6 Å². The Morgan fingerprint density at radius 3 is 2.59 bits per heavy atom. The van der Waals surface area contributed by atoms with Gasteiger partial charge in [0.2, 0.25) is 11.8 Å². The van der Waals surface area contributed by atoms with E-state index in [0.717, 1.165) is 0 Å². The number of rotatable bonds is 9. The number of nitrogens with one attached hydrogen (secondary N) is 3. The van der Waals surface area contributed by atoms with Gasteiger partial charge in [0.05, 0.1) is 18.7 Å². The maximum Gasteiger partial charge on any atom is 0.224 e. The number of nitrogens with zero attached hydrogens (tertiary/aromatic N) is 2. The predicted octanol–water partition coefficient (Wildman–Crippen LogP) is 2.71. The van der Waals surface area contributed by atoms with Gasteiger partial charge >= 0.3 is 0 Å². The molecular formula is C28H29N5O4. The number of fused-ring (bicyclic) bond motifs is 2. The summed E-state index contributed by atoms with van der Waals surface area (Å²) >= 11 is 0. The fraction of sp³-hybridized carbons (Fsp3) is 0.393. The zero-order valence-electron chi connectivity index (χ0n) is 20.6. The molecule has 2 aromatic carbocycles. The van der Waals surface area contributed by atoms with Crippen molar-refractivity contribution in [1.82, 2.24) is 20.6 Å². The molecule has 9 nitrogen and oxygen atoms in total. The number of benzene rings is 2. The highest BCUT2D eigenvalue weighted by atomic mass is 16.5. The molecule has 2 heterocycles. The van der Waals surface area contributed by atoms with Gasteiger partial charge < -0.3 is 20.4 Å². The zero-order valence-corrected chi connectivity index (χ0v) is 20.6. The first kappa shape index (κ1) is 24.5. The number of aromatic amines is 1. The number of carbonyl (C=O) groups excluding carboxylic acids is 3. The Balaban J connectivity index is 1.37. The highest BCUT2D eigenvalue weighted by molar-refractivity contribution is 5.99. The van der Waals surface area contributed by atoms with Gasteiger partial charge in [0.25, 0.3) is 0 Å². The number of ketones is 1. The largest absolute Gasteiger partial charge is 0.494 e. The van der Waals surface area contributed by atoms with E-state index in [4.69, 9.17) is 4.74 Å². The molecule has 1 aliphatic carbocycles. The lowest BCUT2D eigenvalue weighted by molar-refractivity contribution is -0.128. The molecule has 1 saturated heterocycles. The lowest BCUT2D eigenvalue weighted by Gasteiger charge is -2.24. The number of ether oxygens (including phenoxy) is 1. The fourth-order valence-electron chi connectivity index (χ4n) is 5.53. The van der Waals surface area contributed by atoms with Gasteiger partial charge in [-0.2, -0.15) is 5.26 Å². The Labute approximate surface area is 214 Å². The monoisotopic (exact) mass is 499 g/mol. The van der Waals surface area contributed by atoms with Crippen molar-refractivity contribution < 1.29 is 19.1 Å². The number of amides is 2. The van der Waals surface area contributed by atoms with Gasteiger partial charge in [-0.05, 0) is 54.9 Å². The molecule has 37 heavy (non-hydrogen) atoms. The van der Waals surface area contributed by atoms with Crippen molar-refractivity contribution in [3.8, 4) is 11.8 Å². The Hall–Kier alpha value is -4.19. The molecule has 3 N–H and O–H groups in total. The van der Waals surface area contributed by atoms with E-state index in [1.54, 1.807) is 13.2 Å². The third-order valence-electron chi connectivity index (χ3n) is 7.51. The summed E-state index contributed by atoms with van der Waals surface area (Å²) in [5.74, 6) is -1.02. The topological polar surface area (TPSA) is 137 Å². The summed E-state index contributed by atoms with van der Waals surface area (Å²) in [6.07, 6.45) is 2.20. The van der Waals surface area contributed by atoms with Crippen molar-refractivity contribution in [2.24, 2.45) is 17.8 Å². The van der Waals surface area contributed by atoms with Crippen LogP contribution >= 0.6 is 0 Å². The Morgan fingerprint density at radius 2 is 1.95 bits per heavy atom. The van der Waals surface area contributed by atoms with Crippen LogP contribution in [0.1, 0.15) is 41.0 Å².